The summed E-state index contributed by atoms with van der Waals surface area (Å²) in [5.74, 6) is 0.331. The van der Waals surface area contributed by atoms with Gasteiger partial charge in [-0.15, -0.1) is 0 Å². The summed E-state index contributed by atoms with van der Waals surface area (Å²) in [5.41, 5.74) is -0.232. The number of nitrogens with one attached hydrogen (secondary N) is 1. The molecular formula is C12H9ClF3N3. The van der Waals surface area contributed by atoms with Crippen LogP contribution in [0.15, 0.2) is 30.5 Å². The molecule has 2 rings (SSSR count). The highest BCUT2D eigenvalue weighted by Gasteiger charge is 2.32. The number of hydrogen-bond acceptors (Lipinski definition) is 3. The molecule has 0 fully saturated rings. The van der Waals surface area contributed by atoms with Crippen LogP contribution in [0.3, 0.4) is 0 Å². The van der Waals surface area contributed by atoms with E-state index in [0.29, 0.717) is 5.82 Å². The zero-order chi connectivity index (χ0) is 14.0. The summed E-state index contributed by atoms with van der Waals surface area (Å²) in [5, 5.41) is 2.77. The first-order valence-corrected chi connectivity index (χ1v) is 5.67. The molecule has 0 bridgehead atoms. The highest BCUT2D eigenvalue weighted by atomic mass is 35.5. The summed E-state index contributed by atoms with van der Waals surface area (Å²) in [7, 11) is 0. The summed E-state index contributed by atoms with van der Waals surface area (Å²) >= 11 is 5.60. The van der Waals surface area contributed by atoms with Gasteiger partial charge < -0.3 is 5.32 Å². The van der Waals surface area contributed by atoms with E-state index in [-0.39, 0.29) is 16.5 Å². The van der Waals surface area contributed by atoms with Gasteiger partial charge in [0, 0.05) is 11.9 Å². The van der Waals surface area contributed by atoms with Crippen molar-refractivity contribution in [2.45, 2.75) is 13.1 Å². The fraction of sp³-hybridized carbons (Fsp3) is 0.167. The van der Waals surface area contributed by atoms with Crippen molar-refractivity contribution >= 4 is 23.1 Å². The Labute approximate surface area is 112 Å². The number of nitrogens with zero attached hydrogens (tertiary/aromatic N) is 2. The van der Waals surface area contributed by atoms with Gasteiger partial charge in [-0.05, 0) is 42.3 Å². The molecule has 7 heteroatoms. The van der Waals surface area contributed by atoms with Gasteiger partial charge in [-0.2, -0.15) is 13.2 Å². The summed E-state index contributed by atoms with van der Waals surface area (Å²) < 4.78 is 38.3. The van der Waals surface area contributed by atoms with E-state index in [0.717, 1.165) is 6.07 Å². The van der Waals surface area contributed by atoms with Crippen LogP contribution in [-0.4, -0.2) is 9.97 Å². The summed E-state index contributed by atoms with van der Waals surface area (Å²) in [6, 6.07) is 5.49. The van der Waals surface area contributed by atoms with E-state index in [4.69, 9.17) is 11.6 Å². The van der Waals surface area contributed by atoms with E-state index in [2.05, 4.69) is 15.3 Å². The van der Waals surface area contributed by atoms with Crippen molar-refractivity contribution in [2.24, 2.45) is 0 Å². The molecular weight excluding hydrogens is 279 g/mol. The lowest BCUT2D eigenvalue weighted by Crippen LogP contribution is -2.08. The maximum absolute atomic E-state index is 12.8. The number of alkyl halides is 3. The smallest absolute Gasteiger partial charge is 0.340 e. The van der Waals surface area contributed by atoms with Gasteiger partial charge in [0.05, 0.1) is 5.56 Å². The molecule has 0 aliphatic heterocycles. The molecule has 0 saturated heterocycles. The average Bonchev–Trinajstić information content (AvgIpc) is 2.30. The molecule has 0 amide bonds. The fourth-order valence-corrected chi connectivity index (χ4v) is 1.70. The number of anilines is 2. The maximum atomic E-state index is 12.8. The van der Waals surface area contributed by atoms with Crippen LogP contribution in [0, 0.1) is 6.92 Å². The minimum absolute atomic E-state index is 0.0214. The number of rotatable bonds is 2. The van der Waals surface area contributed by atoms with Crippen LogP contribution in [-0.2, 0) is 6.18 Å². The molecule has 19 heavy (non-hydrogen) atoms. The molecule has 0 atom stereocenters. The maximum Gasteiger partial charge on any atom is 0.416 e. The molecule has 1 aromatic carbocycles. The van der Waals surface area contributed by atoms with Crippen LogP contribution in [0.5, 0.6) is 0 Å². The molecule has 100 valence electrons. The third-order valence-corrected chi connectivity index (χ3v) is 2.62. The van der Waals surface area contributed by atoms with Crippen LogP contribution in [0.2, 0.25) is 5.28 Å². The third-order valence-electron chi connectivity index (χ3n) is 2.44. The Morgan fingerprint density at radius 2 is 1.95 bits per heavy atom. The largest absolute Gasteiger partial charge is 0.416 e. The molecule has 0 spiro atoms. The second kappa shape index (κ2) is 5.05. The Morgan fingerprint density at radius 3 is 2.58 bits per heavy atom. The van der Waals surface area contributed by atoms with Gasteiger partial charge in [0.25, 0.3) is 0 Å². The minimum Gasteiger partial charge on any atom is -0.340 e. The Balaban J connectivity index is 2.32. The molecule has 2 aromatic rings. The van der Waals surface area contributed by atoms with Gasteiger partial charge in [-0.1, -0.05) is 6.07 Å². The predicted octanol–water partition coefficient (Wildman–Crippen LogP) is 4.20. The fourth-order valence-electron chi connectivity index (χ4n) is 1.56. The second-order valence-corrected chi connectivity index (χ2v) is 4.20. The highest BCUT2D eigenvalue weighted by molar-refractivity contribution is 6.28. The van der Waals surface area contributed by atoms with E-state index in [1.165, 1.54) is 25.3 Å². The van der Waals surface area contributed by atoms with Crippen molar-refractivity contribution in [2.75, 3.05) is 5.32 Å². The Morgan fingerprint density at radius 1 is 1.21 bits per heavy atom. The van der Waals surface area contributed by atoms with Gasteiger partial charge in [0.1, 0.15) is 5.82 Å². The molecule has 0 radical (unpaired) electrons. The molecule has 0 saturated carbocycles. The van der Waals surface area contributed by atoms with Gasteiger partial charge >= 0.3 is 6.18 Å². The second-order valence-electron chi connectivity index (χ2n) is 3.86. The van der Waals surface area contributed by atoms with E-state index in [1.54, 1.807) is 6.07 Å². The molecule has 1 aromatic heterocycles. The van der Waals surface area contributed by atoms with Crippen molar-refractivity contribution in [1.29, 1.82) is 0 Å². The summed E-state index contributed by atoms with van der Waals surface area (Å²) in [6.07, 6.45) is -2.97. The van der Waals surface area contributed by atoms with Gasteiger partial charge in [-0.3, -0.25) is 0 Å². The normalized spacial score (nSPS) is 11.4. The van der Waals surface area contributed by atoms with E-state index in [1.807, 2.05) is 0 Å². The number of hydrogen-bond donors (Lipinski definition) is 1. The minimum atomic E-state index is -4.38. The topological polar surface area (TPSA) is 37.8 Å². The summed E-state index contributed by atoms with van der Waals surface area (Å²) in [4.78, 5) is 7.53. The van der Waals surface area contributed by atoms with Crippen molar-refractivity contribution in [3.8, 4) is 0 Å². The van der Waals surface area contributed by atoms with Crippen LogP contribution in [0.25, 0.3) is 0 Å². The number of aryl methyl sites for hydroxylation is 1. The van der Waals surface area contributed by atoms with Crippen LogP contribution in [0.1, 0.15) is 11.1 Å². The first-order chi connectivity index (χ1) is 8.86. The zero-order valence-corrected chi connectivity index (χ0v) is 10.5. The molecule has 1 heterocycles. The average molecular weight is 288 g/mol. The van der Waals surface area contributed by atoms with E-state index in [9.17, 15) is 13.2 Å². The monoisotopic (exact) mass is 287 g/mol. The highest BCUT2D eigenvalue weighted by Crippen LogP contribution is 2.33. The number of benzene rings is 1. The first-order valence-electron chi connectivity index (χ1n) is 5.29. The van der Waals surface area contributed by atoms with Gasteiger partial charge in [0.2, 0.25) is 5.28 Å². The van der Waals surface area contributed by atoms with Crippen LogP contribution in [0.4, 0.5) is 24.7 Å². The van der Waals surface area contributed by atoms with Gasteiger partial charge in [-0.25, -0.2) is 9.97 Å². The van der Waals surface area contributed by atoms with Crippen LogP contribution < -0.4 is 5.32 Å². The summed E-state index contributed by atoms with van der Waals surface area (Å²) in [6.45, 7) is 1.41. The molecule has 1 N–H and O–H groups in total. The SMILES string of the molecule is Cc1ccc(Nc2ccnc(Cl)n2)cc1C(F)(F)F. The van der Waals surface area contributed by atoms with Crippen molar-refractivity contribution in [1.82, 2.24) is 9.97 Å². The quantitative estimate of drug-likeness (QED) is 0.841. The predicted molar refractivity (Wildman–Crippen MR) is 66.5 cm³/mol. The van der Waals surface area contributed by atoms with Crippen molar-refractivity contribution in [3.05, 3.63) is 46.9 Å². The lowest BCUT2D eigenvalue weighted by atomic mass is 10.1. The Bertz CT molecular complexity index is 599. The van der Waals surface area contributed by atoms with E-state index >= 15 is 0 Å². The zero-order valence-electron chi connectivity index (χ0n) is 9.79. The lowest BCUT2D eigenvalue weighted by Gasteiger charge is -2.13. The Kier molecular flexibility index (Phi) is 3.61. The number of halogens is 4. The van der Waals surface area contributed by atoms with Crippen molar-refractivity contribution in [3.63, 3.8) is 0 Å². The van der Waals surface area contributed by atoms with Gasteiger partial charge in [0.15, 0.2) is 0 Å². The Hall–Kier alpha value is -1.82. The van der Waals surface area contributed by atoms with Crippen LogP contribution >= 0.6 is 11.6 Å². The molecule has 0 aliphatic carbocycles. The molecule has 3 nitrogen and oxygen atoms in total. The third kappa shape index (κ3) is 3.35. The van der Waals surface area contributed by atoms with E-state index < -0.39 is 11.7 Å². The van der Waals surface area contributed by atoms with Crippen molar-refractivity contribution < 1.29 is 13.2 Å². The molecule has 0 aliphatic rings. The lowest BCUT2D eigenvalue weighted by molar-refractivity contribution is -0.138. The number of aromatic nitrogens is 2. The molecule has 0 unspecified atom stereocenters. The standard InChI is InChI=1S/C12H9ClF3N3/c1-7-2-3-8(6-9(7)12(14,15)16)18-10-4-5-17-11(13)19-10/h2-6H,1H3,(H,17,18,19). The first kappa shape index (κ1) is 13.6.